The topological polar surface area (TPSA) is 46.4 Å². The molecule has 1 fully saturated rings. The summed E-state index contributed by atoms with van der Waals surface area (Å²) in [5, 5.41) is 4.10. The molecule has 0 spiro atoms. The van der Waals surface area contributed by atoms with Gasteiger partial charge in [0.2, 0.25) is 0 Å². The third-order valence-electron chi connectivity index (χ3n) is 4.08. The monoisotopic (exact) mass is 393 g/mol. The second-order valence-corrected chi connectivity index (χ2v) is 7.56. The van der Waals surface area contributed by atoms with E-state index in [0.29, 0.717) is 15.1 Å². The van der Waals surface area contributed by atoms with Crippen molar-refractivity contribution >= 4 is 46.2 Å². The summed E-state index contributed by atoms with van der Waals surface area (Å²) in [4.78, 5) is 17.5. The standard InChI is InChI=1S/C21H16ClN3OS/c1-14-4-8-16(9-5-14)23-21-24-20(26)19(27-21)13-18-3-2-12-25(18)17-10-6-15(22)7-11-17/h2-13H,1H3,(H,23,24,26). The lowest BCUT2D eigenvalue weighted by molar-refractivity contribution is -0.115. The average molecular weight is 394 g/mol. The van der Waals surface area contributed by atoms with Crippen LogP contribution in [0.2, 0.25) is 5.02 Å². The van der Waals surface area contributed by atoms with Crippen molar-refractivity contribution in [1.29, 1.82) is 0 Å². The number of nitrogens with one attached hydrogen (secondary N) is 1. The Hall–Kier alpha value is -2.76. The highest BCUT2D eigenvalue weighted by Gasteiger charge is 2.24. The number of benzene rings is 2. The van der Waals surface area contributed by atoms with E-state index in [-0.39, 0.29) is 5.91 Å². The molecule has 1 N–H and O–H groups in total. The molecule has 4 nitrogen and oxygen atoms in total. The molecular weight excluding hydrogens is 378 g/mol. The second-order valence-electron chi connectivity index (χ2n) is 6.10. The van der Waals surface area contributed by atoms with Crippen LogP contribution in [-0.4, -0.2) is 15.6 Å². The largest absolute Gasteiger partial charge is 0.317 e. The number of aryl methyl sites for hydroxylation is 1. The molecule has 6 heteroatoms. The maximum absolute atomic E-state index is 12.3. The van der Waals surface area contributed by atoms with Crippen molar-refractivity contribution in [2.75, 3.05) is 0 Å². The van der Waals surface area contributed by atoms with Crippen LogP contribution in [0.4, 0.5) is 5.69 Å². The number of carbonyl (C=O) groups is 1. The van der Waals surface area contributed by atoms with E-state index < -0.39 is 0 Å². The molecular formula is C21H16ClN3OS. The summed E-state index contributed by atoms with van der Waals surface area (Å²) in [6, 6.07) is 19.3. The van der Waals surface area contributed by atoms with Crippen molar-refractivity contribution < 1.29 is 4.79 Å². The molecule has 27 heavy (non-hydrogen) atoms. The SMILES string of the molecule is Cc1ccc(N=C2NC(=O)C(=Cc3cccn3-c3ccc(Cl)cc3)S2)cc1. The normalized spacial score (nSPS) is 16.9. The summed E-state index contributed by atoms with van der Waals surface area (Å²) in [7, 11) is 0. The minimum absolute atomic E-state index is 0.144. The van der Waals surface area contributed by atoms with E-state index in [1.54, 1.807) is 0 Å². The molecule has 0 unspecified atom stereocenters. The molecule has 3 aromatic rings. The third kappa shape index (κ3) is 3.99. The summed E-state index contributed by atoms with van der Waals surface area (Å²) < 4.78 is 2.01. The summed E-state index contributed by atoms with van der Waals surface area (Å²) in [5.41, 5.74) is 3.87. The molecule has 0 aliphatic carbocycles. The Labute approximate surface area is 166 Å². The maximum atomic E-state index is 12.3. The van der Waals surface area contributed by atoms with Crippen molar-refractivity contribution in [2.45, 2.75) is 6.92 Å². The lowest BCUT2D eigenvalue weighted by Gasteiger charge is -2.06. The van der Waals surface area contributed by atoms with E-state index in [1.807, 2.05) is 84.4 Å². The maximum Gasteiger partial charge on any atom is 0.264 e. The van der Waals surface area contributed by atoms with Gasteiger partial charge in [0.25, 0.3) is 5.91 Å². The zero-order valence-corrected chi connectivity index (χ0v) is 16.1. The van der Waals surface area contributed by atoms with Crippen molar-refractivity contribution in [3.05, 3.63) is 88.0 Å². The number of aliphatic imine (C=N–C) groups is 1. The van der Waals surface area contributed by atoms with Crippen LogP contribution in [0.25, 0.3) is 11.8 Å². The summed E-state index contributed by atoms with van der Waals surface area (Å²) >= 11 is 7.31. The van der Waals surface area contributed by atoms with Gasteiger partial charge in [-0.15, -0.1) is 0 Å². The van der Waals surface area contributed by atoms with Gasteiger partial charge in [0.05, 0.1) is 10.6 Å². The predicted octanol–water partition coefficient (Wildman–Crippen LogP) is 5.33. The summed E-state index contributed by atoms with van der Waals surface area (Å²) in [5.74, 6) is -0.144. The number of amides is 1. The number of carbonyl (C=O) groups excluding carboxylic acids is 1. The van der Waals surface area contributed by atoms with Crippen molar-refractivity contribution in [2.24, 2.45) is 4.99 Å². The first-order valence-electron chi connectivity index (χ1n) is 8.38. The van der Waals surface area contributed by atoms with Gasteiger partial charge in [0.15, 0.2) is 5.17 Å². The quantitative estimate of drug-likeness (QED) is 0.611. The van der Waals surface area contributed by atoms with Gasteiger partial charge in [-0.3, -0.25) is 4.79 Å². The van der Waals surface area contributed by atoms with Gasteiger partial charge in [-0.05, 0) is 73.3 Å². The van der Waals surface area contributed by atoms with Crippen LogP contribution in [0.3, 0.4) is 0 Å². The minimum atomic E-state index is -0.144. The lowest BCUT2D eigenvalue weighted by atomic mass is 10.2. The second kappa shape index (κ2) is 7.47. The molecule has 0 atom stereocenters. The molecule has 1 aliphatic rings. The van der Waals surface area contributed by atoms with Crippen LogP contribution in [0.15, 0.2) is 76.8 Å². The van der Waals surface area contributed by atoms with E-state index >= 15 is 0 Å². The van der Waals surface area contributed by atoms with Gasteiger partial charge < -0.3 is 9.88 Å². The molecule has 1 aromatic heterocycles. The Morgan fingerprint density at radius 2 is 1.81 bits per heavy atom. The molecule has 2 aromatic carbocycles. The first-order chi connectivity index (χ1) is 13.1. The Balaban J connectivity index is 1.60. The van der Waals surface area contributed by atoms with Gasteiger partial charge in [-0.25, -0.2) is 4.99 Å². The molecule has 0 saturated carbocycles. The molecule has 1 aliphatic heterocycles. The molecule has 0 radical (unpaired) electrons. The van der Waals surface area contributed by atoms with Crippen LogP contribution < -0.4 is 5.32 Å². The summed E-state index contributed by atoms with van der Waals surface area (Å²) in [6.45, 7) is 2.03. The third-order valence-corrected chi connectivity index (χ3v) is 5.24. The number of hydrogen-bond donors (Lipinski definition) is 1. The van der Waals surface area contributed by atoms with Gasteiger partial charge in [-0.1, -0.05) is 29.3 Å². The zero-order chi connectivity index (χ0) is 18.8. The molecule has 134 valence electrons. The van der Waals surface area contributed by atoms with E-state index in [4.69, 9.17) is 11.6 Å². The van der Waals surface area contributed by atoms with Crippen LogP contribution in [0.5, 0.6) is 0 Å². The lowest BCUT2D eigenvalue weighted by Crippen LogP contribution is -2.19. The average Bonchev–Trinajstić information content (AvgIpc) is 3.25. The molecule has 1 amide bonds. The highest BCUT2D eigenvalue weighted by molar-refractivity contribution is 8.18. The fourth-order valence-corrected chi connectivity index (χ4v) is 3.65. The number of hydrogen-bond acceptors (Lipinski definition) is 3. The van der Waals surface area contributed by atoms with Gasteiger partial charge in [-0.2, -0.15) is 0 Å². The van der Waals surface area contributed by atoms with E-state index in [0.717, 1.165) is 17.1 Å². The Kier molecular flexibility index (Phi) is 4.88. The highest BCUT2D eigenvalue weighted by atomic mass is 35.5. The van der Waals surface area contributed by atoms with Gasteiger partial charge in [0.1, 0.15) is 0 Å². The number of rotatable bonds is 3. The van der Waals surface area contributed by atoms with Crippen LogP contribution >= 0.6 is 23.4 Å². The van der Waals surface area contributed by atoms with Crippen LogP contribution in [0, 0.1) is 6.92 Å². The van der Waals surface area contributed by atoms with Crippen LogP contribution in [0.1, 0.15) is 11.3 Å². The van der Waals surface area contributed by atoms with Gasteiger partial charge >= 0.3 is 0 Å². The Morgan fingerprint density at radius 1 is 1.07 bits per heavy atom. The summed E-state index contributed by atoms with van der Waals surface area (Å²) in [6.07, 6.45) is 3.82. The van der Waals surface area contributed by atoms with E-state index in [2.05, 4.69) is 10.3 Å². The molecule has 0 bridgehead atoms. The first kappa shape index (κ1) is 17.6. The number of amidine groups is 1. The van der Waals surface area contributed by atoms with Crippen molar-refractivity contribution in [3.63, 3.8) is 0 Å². The van der Waals surface area contributed by atoms with E-state index in [1.165, 1.54) is 17.3 Å². The van der Waals surface area contributed by atoms with Crippen molar-refractivity contribution in [1.82, 2.24) is 9.88 Å². The minimum Gasteiger partial charge on any atom is -0.317 e. The van der Waals surface area contributed by atoms with Crippen molar-refractivity contribution in [3.8, 4) is 5.69 Å². The first-order valence-corrected chi connectivity index (χ1v) is 9.57. The fourth-order valence-electron chi connectivity index (χ4n) is 2.70. The molecule has 1 saturated heterocycles. The van der Waals surface area contributed by atoms with Gasteiger partial charge in [0, 0.05) is 22.6 Å². The zero-order valence-electron chi connectivity index (χ0n) is 14.5. The smallest absolute Gasteiger partial charge is 0.264 e. The molecule has 2 heterocycles. The Bertz CT molecular complexity index is 1050. The van der Waals surface area contributed by atoms with Crippen LogP contribution in [-0.2, 0) is 4.79 Å². The number of halogens is 1. The predicted molar refractivity (Wildman–Crippen MR) is 113 cm³/mol. The highest BCUT2D eigenvalue weighted by Crippen LogP contribution is 2.29. The molecule has 4 rings (SSSR count). The number of nitrogens with zero attached hydrogens (tertiary/aromatic N) is 2. The number of aromatic nitrogens is 1. The number of thioether (sulfide) groups is 1. The van der Waals surface area contributed by atoms with E-state index in [9.17, 15) is 4.79 Å². The Morgan fingerprint density at radius 3 is 2.56 bits per heavy atom. The fraction of sp³-hybridized carbons (Fsp3) is 0.0476.